The Morgan fingerprint density at radius 1 is 1.09 bits per heavy atom. The molecule has 0 unspecified atom stereocenters. The average molecular weight is 630 g/mol. The van der Waals surface area contributed by atoms with Gasteiger partial charge >= 0.3 is 5.97 Å². The van der Waals surface area contributed by atoms with Gasteiger partial charge in [-0.1, -0.05) is 47.2 Å². The Morgan fingerprint density at radius 3 is 2.59 bits per heavy atom. The Bertz CT molecular complexity index is 2010. The van der Waals surface area contributed by atoms with E-state index < -0.39 is 12.0 Å². The molecule has 0 aliphatic carbocycles. The first kappa shape index (κ1) is 30.6. The molecule has 11 heteroatoms. The highest BCUT2D eigenvalue weighted by Gasteiger charge is 2.35. The van der Waals surface area contributed by atoms with E-state index in [0.717, 1.165) is 5.56 Å². The van der Waals surface area contributed by atoms with Crippen LogP contribution in [0, 0.1) is 11.3 Å². The first-order valence-corrected chi connectivity index (χ1v) is 14.8. The zero-order valence-corrected chi connectivity index (χ0v) is 26.0. The van der Waals surface area contributed by atoms with Gasteiger partial charge in [0.15, 0.2) is 16.3 Å². The van der Waals surface area contributed by atoms with Crippen molar-refractivity contribution < 1.29 is 23.7 Å². The Labute approximate surface area is 262 Å². The molecule has 0 saturated heterocycles. The number of methoxy groups -OCH3 is 2. The standard InChI is InChI=1S/C33H28ClN3O6S/c1-5-42-27-14-20(10-12-26(27)43-18-22-9-7-6-8-21(22)17-35)15-28-31(38)37-30(24-16-23(34)11-13-25(24)40-3)29(32(39)41-4)19(2)36-33(37)44-28/h6-16,30H,5,18H2,1-4H3/b28-15-/t30-/m0/s1. The lowest BCUT2D eigenvalue weighted by molar-refractivity contribution is -0.136. The van der Waals surface area contributed by atoms with Crippen molar-refractivity contribution in [3.05, 3.63) is 119 Å². The van der Waals surface area contributed by atoms with Crippen molar-refractivity contribution in [2.75, 3.05) is 20.8 Å². The number of nitriles is 1. The summed E-state index contributed by atoms with van der Waals surface area (Å²) in [5.41, 5.74) is 2.82. The van der Waals surface area contributed by atoms with E-state index in [4.69, 9.17) is 30.5 Å². The SMILES string of the molecule is CCOc1cc(/C=c2\sc3n(c2=O)[C@@H](c2cc(Cl)ccc2OC)C(C(=O)OC)=C(C)N=3)ccc1OCc1ccccc1C#N. The maximum absolute atomic E-state index is 14.0. The van der Waals surface area contributed by atoms with Crippen LogP contribution in [0.2, 0.25) is 5.02 Å². The number of fused-ring (bicyclic) bond motifs is 1. The normalized spacial score (nSPS) is 14.4. The highest BCUT2D eigenvalue weighted by atomic mass is 35.5. The fraction of sp³-hybridized carbons (Fsp3) is 0.212. The van der Waals surface area contributed by atoms with Crippen molar-refractivity contribution >= 4 is 35.0 Å². The summed E-state index contributed by atoms with van der Waals surface area (Å²) < 4.78 is 24.4. The number of halogens is 1. The molecule has 2 heterocycles. The van der Waals surface area contributed by atoms with Gasteiger partial charge in [0.1, 0.15) is 18.4 Å². The van der Waals surface area contributed by atoms with Crippen molar-refractivity contribution in [2.24, 2.45) is 4.99 Å². The molecular weight excluding hydrogens is 602 g/mol. The molecule has 5 rings (SSSR count). The second-order valence-corrected chi connectivity index (χ2v) is 11.1. The highest BCUT2D eigenvalue weighted by molar-refractivity contribution is 7.07. The second kappa shape index (κ2) is 13.2. The predicted octanol–water partition coefficient (Wildman–Crippen LogP) is 4.92. The number of esters is 1. The first-order valence-electron chi connectivity index (χ1n) is 13.6. The summed E-state index contributed by atoms with van der Waals surface area (Å²) in [5, 5.41) is 9.82. The zero-order valence-electron chi connectivity index (χ0n) is 24.4. The number of nitrogens with zero attached hydrogens (tertiary/aromatic N) is 3. The number of rotatable bonds is 9. The number of allylic oxidation sites excluding steroid dienone is 1. The van der Waals surface area contributed by atoms with Gasteiger partial charge in [-0.25, -0.2) is 9.79 Å². The Morgan fingerprint density at radius 2 is 1.86 bits per heavy atom. The third-order valence-corrected chi connectivity index (χ3v) is 8.22. The molecule has 0 N–H and O–H groups in total. The number of carbonyl (C=O) groups is 1. The minimum atomic E-state index is -0.874. The minimum Gasteiger partial charge on any atom is -0.496 e. The molecule has 9 nitrogen and oxygen atoms in total. The Balaban J connectivity index is 1.59. The van der Waals surface area contributed by atoms with Crippen LogP contribution in [0.3, 0.4) is 0 Å². The van der Waals surface area contributed by atoms with Crippen LogP contribution >= 0.6 is 22.9 Å². The van der Waals surface area contributed by atoms with E-state index >= 15 is 0 Å². The van der Waals surface area contributed by atoms with Gasteiger partial charge < -0.3 is 18.9 Å². The predicted molar refractivity (Wildman–Crippen MR) is 167 cm³/mol. The monoisotopic (exact) mass is 629 g/mol. The highest BCUT2D eigenvalue weighted by Crippen LogP contribution is 2.37. The maximum atomic E-state index is 14.0. The van der Waals surface area contributed by atoms with Crippen molar-refractivity contribution in [2.45, 2.75) is 26.5 Å². The van der Waals surface area contributed by atoms with E-state index in [9.17, 15) is 14.9 Å². The molecule has 1 atom stereocenters. The summed E-state index contributed by atoms with van der Waals surface area (Å²) in [6.07, 6.45) is 1.74. The van der Waals surface area contributed by atoms with Crippen molar-refractivity contribution in [3.63, 3.8) is 0 Å². The van der Waals surface area contributed by atoms with E-state index in [1.807, 2.05) is 25.1 Å². The Hall–Kier alpha value is -4.85. The van der Waals surface area contributed by atoms with Gasteiger partial charge in [0, 0.05) is 16.1 Å². The van der Waals surface area contributed by atoms with E-state index in [-0.39, 0.29) is 17.7 Å². The van der Waals surface area contributed by atoms with Gasteiger partial charge in [0.25, 0.3) is 5.56 Å². The van der Waals surface area contributed by atoms with Crippen LogP contribution in [0.4, 0.5) is 0 Å². The molecular formula is C33H28ClN3O6S. The smallest absolute Gasteiger partial charge is 0.338 e. The van der Waals surface area contributed by atoms with Crippen LogP contribution < -0.4 is 29.1 Å². The summed E-state index contributed by atoms with van der Waals surface area (Å²) >= 11 is 7.56. The molecule has 0 amide bonds. The summed E-state index contributed by atoms with van der Waals surface area (Å²) in [6, 6.07) is 18.9. The minimum absolute atomic E-state index is 0.191. The van der Waals surface area contributed by atoms with Crippen LogP contribution in [0.5, 0.6) is 17.2 Å². The van der Waals surface area contributed by atoms with Gasteiger partial charge in [-0.15, -0.1) is 0 Å². The molecule has 0 radical (unpaired) electrons. The average Bonchev–Trinajstić information content (AvgIpc) is 3.33. The Kier molecular flexibility index (Phi) is 9.18. The number of ether oxygens (including phenoxy) is 4. The molecule has 0 saturated carbocycles. The van der Waals surface area contributed by atoms with Crippen LogP contribution in [0.15, 0.2) is 81.7 Å². The van der Waals surface area contributed by atoms with E-state index in [1.165, 1.54) is 30.1 Å². The van der Waals surface area contributed by atoms with Gasteiger partial charge in [-0.2, -0.15) is 5.26 Å². The number of thiazole rings is 1. The molecule has 1 aliphatic rings. The molecule has 3 aromatic carbocycles. The largest absolute Gasteiger partial charge is 0.496 e. The molecule has 224 valence electrons. The third kappa shape index (κ3) is 5.97. The third-order valence-electron chi connectivity index (χ3n) is 7.00. The van der Waals surface area contributed by atoms with Gasteiger partial charge in [0.05, 0.1) is 48.3 Å². The lowest BCUT2D eigenvalue weighted by Gasteiger charge is -2.25. The molecule has 0 bridgehead atoms. The number of hydrogen-bond acceptors (Lipinski definition) is 9. The van der Waals surface area contributed by atoms with Gasteiger partial charge in [-0.05, 0) is 61.9 Å². The zero-order chi connectivity index (χ0) is 31.4. The summed E-state index contributed by atoms with van der Waals surface area (Å²) in [7, 11) is 2.79. The lowest BCUT2D eigenvalue weighted by atomic mass is 9.95. The molecule has 1 aliphatic heterocycles. The number of hydrogen-bond donors (Lipinski definition) is 0. The number of carbonyl (C=O) groups excluding carboxylic acids is 1. The molecule has 0 spiro atoms. The summed E-state index contributed by atoms with van der Waals surface area (Å²) in [5.74, 6) is 0.847. The topological polar surface area (TPSA) is 112 Å². The van der Waals surface area contributed by atoms with E-state index in [2.05, 4.69) is 11.1 Å². The van der Waals surface area contributed by atoms with Crippen LogP contribution in [-0.4, -0.2) is 31.4 Å². The summed E-state index contributed by atoms with van der Waals surface area (Å²) in [4.78, 5) is 32.0. The first-order chi connectivity index (χ1) is 21.3. The van der Waals surface area contributed by atoms with Crippen LogP contribution in [-0.2, 0) is 16.1 Å². The van der Waals surface area contributed by atoms with E-state index in [1.54, 1.807) is 55.5 Å². The lowest BCUT2D eigenvalue weighted by Crippen LogP contribution is -2.40. The van der Waals surface area contributed by atoms with Crippen molar-refractivity contribution in [3.8, 4) is 23.3 Å². The van der Waals surface area contributed by atoms with Crippen molar-refractivity contribution in [1.82, 2.24) is 4.57 Å². The fourth-order valence-electron chi connectivity index (χ4n) is 4.97. The van der Waals surface area contributed by atoms with Crippen LogP contribution in [0.25, 0.3) is 6.08 Å². The summed E-state index contributed by atoms with van der Waals surface area (Å²) in [6.45, 7) is 4.16. The van der Waals surface area contributed by atoms with Gasteiger partial charge in [0.2, 0.25) is 0 Å². The van der Waals surface area contributed by atoms with E-state index in [0.29, 0.717) is 60.6 Å². The maximum Gasteiger partial charge on any atom is 0.338 e. The second-order valence-electron chi connectivity index (χ2n) is 9.66. The van der Waals surface area contributed by atoms with Crippen molar-refractivity contribution in [1.29, 1.82) is 5.26 Å². The molecule has 4 aromatic rings. The number of benzene rings is 3. The van der Waals surface area contributed by atoms with Gasteiger partial charge in [-0.3, -0.25) is 9.36 Å². The number of aromatic nitrogens is 1. The molecule has 0 fully saturated rings. The molecule has 1 aromatic heterocycles. The molecule has 44 heavy (non-hydrogen) atoms. The van der Waals surface area contributed by atoms with Crippen LogP contribution in [0.1, 0.15) is 42.1 Å². The fourth-order valence-corrected chi connectivity index (χ4v) is 6.20. The quantitative estimate of drug-likeness (QED) is 0.242.